The lowest BCUT2D eigenvalue weighted by atomic mass is 10.1. The summed E-state index contributed by atoms with van der Waals surface area (Å²) in [5, 5.41) is 3.22. The van der Waals surface area contributed by atoms with Crippen LogP contribution in [0.2, 0.25) is 0 Å². The number of aryl methyl sites for hydroxylation is 2. The van der Waals surface area contributed by atoms with E-state index < -0.39 is 0 Å². The van der Waals surface area contributed by atoms with Crippen LogP contribution >= 0.6 is 0 Å². The maximum atomic E-state index is 12.3. The van der Waals surface area contributed by atoms with Crippen molar-refractivity contribution in [2.75, 3.05) is 6.54 Å². The molecule has 0 spiro atoms. The molecule has 2 aromatic rings. The molecule has 1 aliphatic rings. The Morgan fingerprint density at radius 3 is 3.11 bits per heavy atom. The zero-order chi connectivity index (χ0) is 13.1. The van der Waals surface area contributed by atoms with E-state index in [4.69, 9.17) is 0 Å². The van der Waals surface area contributed by atoms with Crippen molar-refractivity contribution in [3.05, 3.63) is 58.0 Å². The van der Waals surface area contributed by atoms with Crippen molar-refractivity contribution < 1.29 is 0 Å². The summed E-state index contributed by atoms with van der Waals surface area (Å²) in [4.78, 5) is 20.9. The Kier molecular flexibility index (Phi) is 3.37. The first kappa shape index (κ1) is 12.0. The monoisotopic (exact) mass is 256 g/mol. The van der Waals surface area contributed by atoms with Gasteiger partial charge in [0.1, 0.15) is 0 Å². The predicted octanol–water partition coefficient (Wildman–Crippen LogP) is 0.527. The number of hydrogen-bond acceptors (Lipinski definition) is 4. The summed E-state index contributed by atoms with van der Waals surface area (Å²) < 4.78 is 1.69. The van der Waals surface area contributed by atoms with Gasteiger partial charge in [0.15, 0.2) is 0 Å². The zero-order valence-corrected chi connectivity index (χ0v) is 10.7. The fourth-order valence-electron chi connectivity index (χ4n) is 2.33. The van der Waals surface area contributed by atoms with Gasteiger partial charge < -0.3 is 5.32 Å². The molecular weight excluding hydrogens is 240 g/mol. The van der Waals surface area contributed by atoms with Gasteiger partial charge in [-0.2, -0.15) is 0 Å². The topological polar surface area (TPSA) is 59.8 Å². The molecule has 0 atom stereocenters. The van der Waals surface area contributed by atoms with E-state index in [1.54, 1.807) is 17.1 Å². The molecule has 1 aliphatic heterocycles. The summed E-state index contributed by atoms with van der Waals surface area (Å²) in [6.45, 7) is 2.18. The number of aromatic nitrogens is 3. The van der Waals surface area contributed by atoms with E-state index in [0.29, 0.717) is 13.1 Å². The van der Waals surface area contributed by atoms with E-state index in [-0.39, 0.29) is 5.56 Å². The SMILES string of the molecule is O=c1c2c(ncn1CCc1ccccn1)CNCC2. The second-order valence-corrected chi connectivity index (χ2v) is 4.67. The van der Waals surface area contributed by atoms with Gasteiger partial charge in [-0.1, -0.05) is 6.07 Å². The Morgan fingerprint density at radius 2 is 2.26 bits per heavy atom. The molecule has 0 amide bonds. The molecule has 19 heavy (non-hydrogen) atoms. The number of fused-ring (bicyclic) bond motifs is 1. The van der Waals surface area contributed by atoms with Gasteiger partial charge in [0, 0.05) is 37.0 Å². The summed E-state index contributed by atoms with van der Waals surface area (Å²) in [6, 6.07) is 5.83. The fourth-order valence-corrected chi connectivity index (χ4v) is 2.33. The Labute approximate surface area is 111 Å². The van der Waals surface area contributed by atoms with E-state index in [9.17, 15) is 4.79 Å². The van der Waals surface area contributed by atoms with E-state index in [1.807, 2.05) is 18.2 Å². The fraction of sp³-hybridized carbons (Fsp3) is 0.357. The van der Waals surface area contributed by atoms with Crippen LogP contribution in [0.15, 0.2) is 35.5 Å². The molecule has 2 aromatic heterocycles. The number of hydrogen-bond donors (Lipinski definition) is 1. The van der Waals surface area contributed by atoms with Gasteiger partial charge in [0.05, 0.1) is 12.0 Å². The molecule has 3 heterocycles. The van der Waals surface area contributed by atoms with Gasteiger partial charge in [-0.05, 0) is 25.1 Å². The molecule has 0 unspecified atom stereocenters. The lowest BCUT2D eigenvalue weighted by Gasteiger charge is -2.16. The molecule has 0 fully saturated rings. The van der Waals surface area contributed by atoms with Gasteiger partial charge >= 0.3 is 0 Å². The minimum absolute atomic E-state index is 0.0995. The van der Waals surface area contributed by atoms with Gasteiger partial charge in [0.2, 0.25) is 0 Å². The molecule has 1 N–H and O–H groups in total. The molecule has 0 aliphatic carbocycles. The van der Waals surface area contributed by atoms with Crippen LogP contribution in [0, 0.1) is 0 Å². The third kappa shape index (κ3) is 2.56. The quantitative estimate of drug-likeness (QED) is 0.870. The lowest BCUT2D eigenvalue weighted by molar-refractivity contribution is 0.578. The molecule has 0 radical (unpaired) electrons. The van der Waals surface area contributed by atoms with Crippen LogP contribution in [0.4, 0.5) is 0 Å². The highest BCUT2D eigenvalue weighted by Crippen LogP contribution is 2.05. The average Bonchev–Trinajstić information content (AvgIpc) is 2.48. The molecule has 3 rings (SSSR count). The number of nitrogens with one attached hydrogen (secondary N) is 1. The van der Waals surface area contributed by atoms with E-state index in [0.717, 1.165) is 36.3 Å². The normalized spacial score (nSPS) is 14.1. The Bertz CT molecular complexity index is 621. The van der Waals surface area contributed by atoms with Crippen molar-refractivity contribution in [3.63, 3.8) is 0 Å². The van der Waals surface area contributed by atoms with Crippen molar-refractivity contribution in [2.24, 2.45) is 0 Å². The Balaban J connectivity index is 1.80. The maximum Gasteiger partial charge on any atom is 0.256 e. The van der Waals surface area contributed by atoms with Crippen LogP contribution in [0.25, 0.3) is 0 Å². The van der Waals surface area contributed by atoms with Crippen molar-refractivity contribution in [3.8, 4) is 0 Å². The molecule has 0 saturated carbocycles. The predicted molar refractivity (Wildman–Crippen MR) is 71.8 cm³/mol. The second kappa shape index (κ2) is 5.32. The van der Waals surface area contributed by atoms with Crippen LogP contribution in [0.1, 0.15) is 17.0 Å². The summed E-state index contributed by atoms with van der Waals surface area (Å²) in [7, 11) is 0. The van der Waals surface area contributed by atoms with Crippen molar-refractivity contribution in [2.45, 2.75) is 25.9 Å². The van der Waals surface area contributed by atoms with Crippen LogP contribution in [0.3, 0.4) is 0 Å². The highest BCUT2D eigenvalue weighted by molar-refractivity contribution is 5.19. The van der Waals surface area contributed by atoms with Gasteiger partial charge in [-0.25, -0.2) is 4.98 Å². The molecule has 5 heteroatoms. The third-order valence-corrected chi connectivity index (χ3v) is 3.40. The van der Waals surface area contributed by atoms with Gasteiger partial charge in [-0.15, -0.1) is 0 Å². The molecule has 98 valence electrons. The second-order valence-electron chi connectivity index (χ2n) is 4.67. The minimum atomic E-state index is 0.0995. The van der Waals surface area contributed by atoms with Crippen LogP contribution in [0.5, 0.6) is 0 Å². The Morgan fingerprint density at radius 1 is 1.32 bits per heavy atom. The minimum Gasteiger partial charge on any atom is -0.311 e. The lowest BCUT2D eigenvalue weighted by Crippen LogP contribution is -2.34. The van der Waals surface area contributed by atoms with Crippen molar-refractivity contribution >= 4 is 0 Å². The standard InChI is InChI=1S/C14H16N4O/c19-14-12-4-7-15-9-13(12)17-10-18(14)8-5-11-3-1-2-6-16-11/h1-3,6,10,15H,4-5,7-9H2. The van der Waals surface area contributed by atoms with E-state index in [2.05, 4.69) is 15.3 Å². The van der Waals surface area contributed by atoms with E-state index >= 15 is 0 Å². The number of pyridine rings is 1. The summed E-state index contributed by atoms with van der Waals surface area (Å²) in [6.07, 6.45) is 4.94. The maximum absolute atomic E-state index is 12.3. The molecular formula is C14H16N4O. The largest absolute Gasteiger partial charge is 0.311 e. The summed E-state index contributed by atoms with van der Waals surface area (Å²) >= 11 is 0. The van der Waals surface area contributed by atoms with Crippen molar-refractivity contribution in [1.29, 1.82) is 0 Å². The molecule has 0 saturated heterocycles. The highest BCUT2D eigenvalue weighted by atomic mass is 16.1. The van der Waals surface area contributed by atoms with Crippen LogP contribution < -0.4 is 10.9 Å². The first-order valence-electron chi connectivity index (χ1n) is 6.52. The third-order valence-electron chi connectivity index (χ3n) is 3.40. The van der Waals surface area contributed by atoms with Crippen molar-refractivity contribution in [1.82, 2.24) is 19.9 Å². The van der Waals surface area contributed by atoms with E-state index in [1.165, 1.54) is 0 Å². The smallest absolute Gasteiger partial charge is 0.256 e. The first-order valence-corrected chi connectivity index (χ1v) is 6.52. The number of rotatable bonds is 3. The Hall–Kier alpha value is -2.01. The molecule has 0 bridgehead atoms. The summed E-state index contributed by atoms with van der Waals surface area (Å²) in [5.41, 5.74) is 2.85. The molecule has 5 nitrogen and oxygen atoms in total. The van der Waals surface area contributed by atoms with Crippen LogP contribution in [-0.4, -0.2) is 21.1 Å². The van der Waals surface area contributed by atoms with Gasteiger partial charge in [0.25, 0.3) is 5.56 Å². The highest BCUT2D eigenvalue weighted by Gasteiger charge is 2.14. The molecule has 0 aromatic carbocycles. The summed E-state index contributed by atoms with van der Waals surface area (Å²) in [5.74, 6) is 0. The van der Waals surface area contributed by atoms with Crippen LogP contribution in [-0.2, 0) is 25.9 Å². The van der Waals surface area contributed by atoms with Gasteiger partial charge in [-0.3, -0.25) is 14.3 Å². The number of nitrogens with zero attached hydrogens (tertiary/aromatic N) is 3. The first-order chi connectivity index (χ1) is 9.34. The zero-order valence-electron chi connectivity index (χ0n) is 10.7. The average molecular weight is 256 g/mol.